The van der Waals surface area contributed by atoms with Crippen LogP contribution < -0.4 is 5.73 Å². The molecule has 13 heavy (non-hydrogen) atoms. The fourth-order valence-corrected chi connectivity index (χ4v) is 1.32. The molecular formula is C8H14N4S. The van der Waals surface area contributed by atoms with Gasteiger partial charge in [0.2, 0.25) is 0 Å². The summed E-state index contributed by atoms with van der Waals surface area (Å²) in [6.45, 7) is 4.67. The lowest BCUT2D eigenvalue weighted by atomic mass is 10.3. The molecule has 72 valence electrons. The van der Waals surface area contributed by atoms with E-state index in [9.17, 15) is 0 Å². The van der Waals surface area contributed by atoms with Crippen LogP contribution in [0, 0.1) is 13.8 Å². The van der Waals surface area contributed by atoms with Gasteiger partial charge in [-0.3, -0.25) is 4.68 Å². The molecular weight excluding hydrogens is 184 g/mol. The molecule has 1 heterocycles. The Morgan fingerprint density at radius 3 is 2.69 bits per heavy atom. The lowest BCUT2D eigenvalue weighted by Crippen LogP contribution is -2.10. The minimum atomic E-state index is 0.564. The van der Waals surface area contributed by atoms with Crippen molar-refractivity contribution < 1.29 is 0 Å². The molecule has 0 fully saturated rings. The molecule has 0 saturated heterocycles. The highest BCUT2D eigenvalue weighted by Gasteiger charge is 2.01. The maximum atomic E-state index is 5.39. The molecule has 0 aliphatic rings. The van der Waals surface area contributed by atoms with E-state index in [2.05, 4.69) is 10.1 Å². The lowest BCUT2D eigenvalue weighted by Gasteiger charge is -2.01. The van der Waals surface area contributed by atoms with E-state index < -0.39 is 0 Å². The van der Waals surface area contributed by atoms with Gasteiger partial charge in [-0.2, -0.15) is 5.10 Å². The van der Waals surface area contributed by atoms with E-state index in [0.717, 1.165) is 31.0 Å². The summed E-state index contributed by atoms with van der Waals surface area (Å²) in [6.07, 6.45) is 1.70. The van der Waals surface area contributed by atoms with Crippen LogP contribution in [-0.4, -0.2) is 19.8 Å². The van der Waals surface area contributed by atoms with Crippen molar-refractivity contribution in [3.8, 4) is 0 Å². The van der Waals surface area contributed by atoms with E-state index in [4.69, 9.17) is 18.0 Å². The largest absolute Gasteiger partial charge is 0.393 e. The lowest BCUT2D eigenvalue weighted by molar-refractivity contribution is 0.570. The number of aryl methyl sites for hydroxylation is 3. The Morgan fingerprint density at radius 2 is 2.23 bits per heavy atom. The van der Waals surface area contributed by atoms with Gasteiger partial charge in [-0.25, -0.2) is 4.98 Å². The molecule has 0 aliphatic heterocycles. The monoisotopic (exact) mass is 198 g/mol. The molecule has 5 heteroatoms. The van der Waals surface area contributed by atoms with Gasteiger partial charge in [0.05, 0.1) is 4.99 Å². The summed E-state index contributed by atoms with van der Waals surface area (Å²) < 4.78 is 1.88. The number of hydrogen-bond acceptors (Lipinski definition) is 3. The highest BCUT2D eigenvalue weighted by atomic mass is 32.1. The SMILES string of the molecule is Cc1nc(C)n(CCCC(N)=S)n1. The van der Waals surface area contributed by atoms with Gasteiger partial charge in [0, 0.05) is 6.54 Å². The van der Waals surface area contributed by atoms with Gasteiger partial charge in [0.25, 0.3) is 0 Å². The summed E-state index contributed by atoms with van der Waals surface area (Å²) in [5.74, 6) is 1.76. The summed E-state index contributed by atoms with van der Waals surface area (Å²) >= 11 is 4.78. The first kappa shape index (κ1) is 10.1. The molecule has 0 atom stereocenters. The van der Waals surface area contributed by atoms with E-state index in [1.807, 2.05) is 18.5 Å². The zero-order chi connectivity index (χ0) is 9.84. The standard InChI is InChI=1S/C8H14N4S/c1-6-10-7(2)12(11-6)5-3-4-8(9)13/h3-5H2,1-2H3,(H2,9,13). The topological polar surface area (TPSA) is 56.7 Å². The Hall–Kier alpha value is -0.970. The molecule has 1 rings (SSSR count). The van der Waals surface area contributed by atoms with Gasteiger partial charge in [-0.15, -0.1) is 0 Å². The van der Waals surface area contributed by atoms with Crippen LogP contribution in [0.5, 0.6) is 0 Å². The van der Waals surface area contributed by atoms with Crippen LogP contribution in [-0.2, 0) is 6.54 Å². The minimum absolute atomic E-state index is 0.564. The van der Waals surface area contributed by atoms with Gasteiger partial charge >= 0.3 is 0 Å². The van der Waals surface area contributed by atoms with E-state index in [1.54, 1.807) is 0 Å². The van der Waals surface area contributed by atoms with Gasteiger partial charge in [-0.05, 0) is 26.7 Å². The van der Waals surface area contributed by atoms with Crippen molar-refractivity contribution in [2.45, 2.75) is 33.2 Å². The molecule has 0 amide bonds. The van der Waals surface area contributed by atoms with E-state index in [0.29, 0.717) is 4.99 Å². The van der Waals surface area contributed by atoms with Crippen molar-refractivity contribution in [1.82, 2.24) is 14.8 Å². The number of nitrogens with zero attached hydrogens (tertiary/aromatic N) is 3. The molecule has 4 nitrogen and oxygen atoms in total. The van der Waals surface area contributed by atoms with Crippen molar-refractivity contribution in [2.24, 2.45) is 5.73 Å². The van der Waals surface area contributed by atoms with E-state index >= 15 is 0 Å². The van der Waals surface area contributed by atoms with E-state index in [-0.39, 0.29) is 0 Å². The van der Waals surface area contributed by atoms with Crippen LogP contribution in [0.1, 0.15) is 24.5 Å². The summed E-state index contributed by atoms with van der Waals surface area (Å²) in [6, 6.07) is 0. The fourth-order valence-electron chi connectivity index (χ4n) is 1.18. The smallest absolute Gasteiger partial charge is 0.147 e. The molecule has 2 N–H and O–H groups in total. The number of aromatic nitrogens is 3. The van der Waals surface area contributed by atoms with Crippen LogP contribution in [0.4, 0.5) is 0 Å². The zero-order valence-corrected chi connectivity index (χ0v) is 8.77. The zero-order valence-electron chi connectivity index (χ0n) is 7.95. The second kappa shape index (κ2) is 4.32. The van der Waals surface area contributed by atoms with Crippen LogP contribution in [0.2, 0.25) is 0 Å². The average molecular weight is 198 g/mol. The fraction of sp³-hybridized carbons (Fsp3) is 0.625. The molecule has 0 aliphatic carbocycles. The van der Waals surface area contributed by atoms with Crippen molar-refractivity contribution in [3.05, 3.63) is 11.6 Å². The Labute approximate surface area is 83.1 Å². The molecule has 0 radical (unpaired) electrons. The second-order valence-electron chi connectivity index (χ2n) is 3.00. The minimum Gasteiger partial charge on any atom is -0.393 e. The summed E-state index contributed by atoms with van der Waals surface area (Å²) in [7, 11) is 0. The van der Waals surface area contributed by atoms with Crippen LogP contribution in [0.3, 0.4) is 0 Å². The number of rotatable bonds is 4. The Bertz CT molecular complexity index is 305. The molecule has 0 saturated carbocycles. The van der Waals surface area contributed by atoms with Crippen LogP contribution in [0.15, 0.2) is 0 Å². The van der Waals surface area contributed by atoms with E-state index in [1.165, 1.54) is 0 Å². The molecule has 0 unspecified atom stereocenters. The Morgan fingerprint density at radius 1 is 1.54 bits per heavy atom. The second-order valence-corrected chi connectivity index (χ2v) is 3.52. The summed E-state index contributed by atoms with van der Waals surface area (Å²) in [5.41, 5.74) is 5.39. The molecule has 1 aromatic heterocycles. The predicted molar refractivity (Wildman–Crippen MR) is 55.5 cm³/mol. The maximum Gasteiger partial charge on any atom is 0.147 e. The van der Waals surface area contributed by atoms with Crippen molar-refractivity contribution in [2.75, 3.05) is 0 Å². The predicted octanol–water partition coefficient (Wildman–Crippen LogP) is 0.961. The van der Waals surface area contributed by atoms with Crippen LogP contribution >= 0.6 is 12.2 Å². The molecule has 0 bridgehead atoms. The quantitative estimate of drug-likeness (QED) is 0.732. The van der Waals surface area contributed by atoms with Crippen molar-refractivity contribution in [3.63, 3.8) is 0 Å². The Kier molecular flexibility index (Phi) is 3.36. The molecule has 0 spiro atoms. The highest BCUT2D eigenvalue weighted by molar-refractivity contribution is 7.80. The number of nitrogens with two attached hydrogens (primary N) is 1. The third kappa shape index (κ3) is 3.10. The normalized spacial score (nSPS) is 10.3. The first-order chi connectivity index (χ1) is 6.09. The number of hydrogen-bond donors (Lipinski definition) is 1. The summed E-state index contributed by atoms with van der Waals surface area (Å²) in [4.78, 5) is 4.76. The average Bonchev–Trinajstić information content (AvgIpc) is 2.29. The van der Waals surface area contributed by atoms with Crippen molar-refractivity contribution in [1.29, 1.82) is 0 Å². The highest BCUT2D eigenvalue weighted by Crippen LogP contribution is 1.99. The first-order valence-corrected chi connectivity index (χ1v) is 4.67. The van der Waals surface area contributed by atoms with Gasteiger partial charge < -0.3 is 5.73 Å². The molecule has 1 aromatic rings. The maximum absolute atomic E-state index is 5.39. The van der Waals surface area contributed by atoms with Gasteiger partial charge in [-0.1, -0.05) is 12.2 Å². The third-order valence-corrected chi connectivity index (χ3v) is 1.96. The summed E-state index contributed by atoms with van der Waals surface area (Å²) in [5, 5.41) is 4.23. The van der Waals surface area contributed by atoms with Gasteiger partial charge in [0.15, 0.2) is 0 Å². The molecule has 0 aromatic carbocycles. The van der Waals surface area contributed by atoms with Crippen molar-refractivity contribution >= 4 is 17.2 Å². The van der Waals surface area contributed by atoms with Crippen LogP contribution in [0.25, 0.3) is 0 Å². The Balaban J connectivity index is 2.45. The first-order valence-electron chi connectivity index (χ1n) is 4.26. The van der Waals surface area contributed by atoms with Gasteiger partial charge in [0.1, 0.15) is 11.6 Å². The third-order valence-electron chi connectivity index (χ3n) is 1.76. The number of thiocarbonyl (C=S) groups is 1.